The van der Waals surface area contributed by atoms with Gasteiger partial charge in [-0.25, -0.2) is 4.39 Å². The predicted molar refractivity (Wildman–Crippen MR) is 103 cm³/mol. The molecule has 1 heterocycles. The van der Waals surface area contributed by atoms with Crippen LogP contribution in [0.5, 0.6) is 0 Å². The van der Waals surface area contributed by atoms with E-state index >= 15 is 4.39 Å². The zero-order valence-electron chi connectivity index (χ0n) is 16.6. The predicted octanol–water partition coefficient (Wildman–Crippen LogP) is 5.42. The molecule has 0 saturated carbocycles. The minimum Gasteiger partial charge on any atom is -0.398 e. The molecule has 2 nitrogen and oxygen atoms in total. The monoisotopic (exact) mass is 342 g/mol. The van der Waals surface area contributed by atoms with Crippen LogP contribution in [0.25, 0.3) is 5.57 Å². The van der Waals surface area contributed by atoms with Crippen molar-refractivity contribution in [3.05, 3.63) is 41.1 Å². The van der Waals surface area contributed by atoms with Crippen molar-refractivity contribution in [2.45, 2.75) is 66.6 Å². The highest BCUT2D eigenvalue weighted by Crippen LogP contribution is 2.40. The van der Waals surface area contributed by atoms with Crippen LogP contribution in [-0.2, 0) is 9.31 Å². The topological polar surface area (TPSA) is 18.5 Å². The number of halogens is 1. The molecular weight excluding hydrogens is 314 g/mol. The molecule has 0 spiro atoms. The number of benzene rings is 1. The molecule has 0 aromatic heterocycles. The Morgan fingerprint density at radius 2 is 1.56 bits per heavy atom. The first-order chi connectivity index (χ1) is 11.3. The van der Waals surface area contributed by atoms with Crippen molar-refractivity contribution in [3.63, 3.8) is 0 Å². The minimum absolute atomic E-state index is 0.116. The highest BCUT2D eigenvalue weighted by atomic mass is 19.1. The summed E-state index contributed by atoms with van der Waals surface area (Å²) in [6, 6.07) is 7.59. The van der Waals surface area contributed by atoms with Gasteiger partial charge in [-0.3, -0.25) is 0 Å². The molecule has 0 atom stereocenters. The lowest BCUT2D eigenvalue weighted by atomic mass is 9.82. The molecule has 0 unspecified atom stereocenters. The zero-order valence-corrected chi connectivity index (χ0v) is 16.6. The summed E-state index contributed by atoms with van der Waals surface area (Å²) < 4.78 is 26.8. The molecule has 0 amide bonds. The second kappa shape index (κ2) is 6.63. The van der Waals surface area contributed by atoms with E-state index in [1.807, 2.05) is 52.0 Å². The quantitative estimate of drug-likeness (QED) is 0.528. The summed E-state index contributed by atoms with van der Waals surface area (Å²) in [5, 5.41) is 0. The number of hydrogen-bond donors (Lipinski definition) is 0. The maximum Gasteiger partial charge on any atom is 0.525 e. The number of allylic oxidation sites excluding steroid dienone is 1. The number of rotatable bonds is 2. The van der Waals surface area contributed by atoms with Gasteiger partial charge in [0.05, 0.1) is 11.2 Å². The normalized spacial score (nSPS) is 20.0. The largest absolute Gasteiger partial charge is 0.525 e. The van der Waals surface area contributed by atoms with Gasteiger partial charge >= 0.3 is 7.12 Å². The van der Waals surface area contributed by atoms with E-state index in [-0.39, 0.29) is 5.41 Å². The van der Waals surface area contributed by atoms with Crippen molar-refractivity contribution in [3.8, 4) is 11.8 Å². The van der Waals surface area contributed by atoms with E-state index in [9.17, 15) is 0 Å². The third-order valence-corrected chi connectivity index (χ3v) is 4.72. The Labute approximate surface area is 151 Å². The molecule has 0 N–H and O–H groups in total. The van der Waals surface area contributed by atoms with Crippen LogP contribution < -0.4 is 0 Å². The third-order valence-electron chi connectivity index (χ3n) is 4.72. The Hall–Kier alpha value is -1.57. The fourth-order valence-corrected chi connectivity index (χ4v) is 2.43. The summed E-state index contributed by atoms with van der Waals surface area (Å²) in [6.45, 7) is 15.6. The van der Waals surface area contributed by atoms with Gasteiger partial charge in [0.2, 0.25) is 0 Å². The fraction of sp³-hybridized carbons (Fsp3) is 0.524. The summed E-state index contributed by atoms with van der Waals surface area (Å²) >= 11 is 0. The van der Waals surface area contributed by atoms with E-state index in [1.165, 1.54) is 0 Å². The van der Waals surface area contributed by atoms with Crippen LogP contribution in [0.4, 0.5) is 4.39 Å². The minimum atomic E-state index is -0.992. The summed E-state index contributed by atoms with van der Waals surface area (Å²) in [4.78, 5) is 0. The first kappa shape index (κ1) is 19.8. The molecule has 1 saturated heterocycles. The van der Waals surface area contributed by atoms with Gasteiger partial charge < -0.3 is 9.31 Å². The molecule has 1 aromatic carbocycles. The van der Waals surface area contributed by atoms with Crippen LogP contribution in [0.3, 0.4) is 0 Å². The second-order valence-corrected chi connectivity index (χ2v) is 8.61. The molecule has 1 fully saturated rings. The summed E-state index contributed by atoms with van der Waals surface area (Å²) in [5.74, 6) is 6.39. The molecule has 134 valence electrons. The van der Waals surface area contributed by atoms with Gasteiger partial charge in [-0.1, -0.05) is 30.0 Å². The average Bonchev–Trinajstić information content (AvgIpc) is 2.71. The highest BCUT2D eigenvalue weighted by molar-refractivity contribution is 6.55. The standard InChI is InChI=1S/C21H28BFO2/c1-15(18(23)22-24-20(5,6)21(7,8)25-22)17-12-10-9-11-16(17)13-14-19(2,3)4/h9-12H,1-8H3. The van der Waals surface area contributed by atoms with Crippen molar-refractivity contribution in [1.29, 1.82) is 0 Å². The SMILES string of the molecule is CC(=C(F)B1OC(C)(C)C(C)(C)O1)c1ccccc1C#CC(C)(C)C. The number of hydrogen-bond acceptors (Lipinski definition) is 2. The Bertz CT molecular complexity index is 729. The Morgan fingerprint density at radius 3 is 2.08 bits per heavy atom. The van der Waals surface area contributed by atoms with Crippen LogP contribution in [0.1, 0.15) is 66.5 Å². The smallest absolute Gasteiger partial charge is 0.398 e. The Balaban J connectivity index is 2.42. The maximum absolute atomic E-state index is 15.1. The van der Waals surface area contributed by atoms with Gasteiger partial charge in [0.15, 0.2) is 0 Å². The van der Waals surface area contributed by atoms with E-state index in [0.29, 0.717) is 5.57 Å². The van der Waals surface area contributed by atoms with Crippen molar-refractivity contribution in [2.24, 2.45) is 5.41 Å². The summed E-state index contributed by atoms with van der Waals surface area (Å²) in [5.41, 5.74) is 0.422. The molecule has 4 heteroatoms. The van der Waals surface area contributed by atoms with Crippen molar-refractivity contribution in [2.75, 3.05) is 0 Å². The van der Waals surface area contributed by atoms with E-state index in [4.69, 9.17) is 9.31 Å². The lowest BCUT2D eigenvalue weighted by molar-refractivity contribution is 0.00578. The lowest BCUT2D eigenvalue weighted by Crippen LogP contribution is -2.41. The van der Waals surface area contributed by atoms with Gasteiger partial charge in [0.25, 0.3) is 0 Å². The van der Waals surface area contributed by atoms with Gasteiger partial charge in [0.1, 0.15) is 5.73 Å². The van der Waals surface area contributed by atoms with Crippen molar-refractivity contribution < 1.29 is 13.7 Å². The molecule has 2 rings (SSSR count). The molecule has 0 bridgehead atoms. The molecule has 25 heavy (non-hydrogen) atoms. The molecule has 1 aromatic rings. The maximum atomic E-state index is 15.1. The van der Waals surface area contributed by atoms with E-state index < -0.39 is 24.0 Å². The van der Waals surface area contributed by atoms with Crippen LogP contribution in [0.15, 0.2) is 30.0 Å². The molecule has 0 aliphatic carbocycles. The van der Waals surface area contributed by atoms with Crippen molar-refractivity contribution >= 4 is 12.7 Å². The van der Waals surface area contributed by atoms with Gasteiger partial charge in [-0.05, 0) is 72.6 Å². The molecule has 0 radical (unpaired) electrons. The summed E-state index contributed by atoms with van der Waals surface area (Å²) in [6.07, 6.45) is 0. The van der Waals surface area contributed by atoms with Crippen LogP contribution in [-0.4, -0.2) is 18.3 Å². The molecule has 1 aliphatic rings. The van der Waals surface area contributed by atoms with E-state index in [0.717, 1.165) is 11.1 Å². The third kappa shape index (κ3) is 4.34. The van der Waals surface area contributed by atoms with Gasteiger partial charge in [-0.15, -0.1) is 0 Å². The van der Waals surface area contributed by atoms with Gasteiger partial charge in [-0.2, -0.15) is 0 Å². The van der Waals surface area contributed by atoms with E-state index in [1.54, 1.807) is 6.92 Å². The second-order valence-electron chi connectivity index (χ2n) is 8.61. The average molecular weight is 342 g/mol. The Kier molecular flexibility index (Phi) is 5.24. The zero-order chi connectivity index (χ0) is 19.0. The highest BCUT2D eigenvalue weighted by Gasteiger charge is 2.53. The first-order valence-electron chi connectivity index (χ1n) is 8.68. The van der Waals surface area contributed by atoms with Gasteiger partial charge in [0, 0.05) is 11.0 Å². The van der Waals surface area contributed by atoms with Crippen LogP contribution in [0.2, 0.25) is 0 Å². The molecule has 1 aliphatic heterocycles. The fourth-order valence-electron chi connectivity index (χ4n) is 2.43. The molecular formula is C21H28BFO2. The van der Waals surface area contributed by atoms with Crippen LogP contribution in [0, 0.1) is 17.3 Å². The summed E-state index contributed by atoms with van der Waals surface area (Å²) in [7, 11) is -0.992. The van der Waals surface area contributed by atoms with Crippen LogP contribution >= 0.6 is 0 Å². The lowest BCUT2D eigenvalue weighted by Gasteiger charge is -2.32. The van der Waals surface area contributed by atoms with Crippen molar-refractivity contribution in [1.82, 2.24) is 0 Å². The first-order valence-corrected chi connectivity index (χ1v) is 8.68. The van der Waals surface area contributed by atoms with E-state index in [2.05, 4.69) is 32.6 Å². The Morgan fingerprint density at radius 1 is 1.04 bits per heavy atom.